The number of aryl methyl sites for hydroxylation is 1. The van der Waals surface area contributed by atoms with Crippen molar-refractivity contribution in [1.82, 2.24) is 15.6 Å². The number of carbonyl (C=O) groups excluding carboxylic acids is 1. The van der Waals surface area contributed by atoms with E-state index in [1.54, 1.807) is 11.0 Å². The lowest BCUT2D eigenvalue weighted by Gasteiger charge is -2.36. The Hall–Kier alpha value is -3.05. The molecule has 180 valence electrons. The minimum Gasteiger partial charge on any atom is -0.491 e. The van der Waals surface area contributed by atoms with Gasteiger partial charge in [-0.3, -0.25) is 4.79 Å². The van der Waals surface area contributed by atoms with Crippen molar-refractivity contribution in [3.8, 4) is 5.75 Å². The lowest BCUT2D eigenvalue weighted by atomic mass is 10.0. The van der Waals surface area contributed by atoms with E-state index < -0.39 is 12.2 Å². The Morgan fingerprint density at radius 2 is 2.15 bits per heavy atom. The van der Waals surface area contributed by atoms with Gasteiger partial charge in [-0.05, 0) is 37.1 Å². The van der Waals surface area contributed by atoms with Gasteiger partial charge in [0.05, 0.1) is 11.7 Å². The molecule has 34 heavy (non-hydrogen) atoms. The zero-order chi connectivity index (χ0) is 24.0. The van der Waals surface area contributed by atoms with Crippen molar-refractivity contribution in [3.05, 3.63) is 46.5 Å². The molecule has 2 aliphatic rings. The molecule has 2 atom stereocenters. The lowest BCUT2D eigenvalue weighted by Crippen LogP contribution is -2.57. The quantitative estimate of drug-likeness (QED) is 0.521. The number of ether oxygens (including phenoxy) is 1. The Morgan fingerprint density at radius 1 is 1.32 bits per heavy atom. The van der Waals surface area contributed by atoms with Crippen LogP contribution in [-0.2, 0) is 6.42 Å². The van der Waals surface area contributed by atoms with Gasteiger partial charge >= 0.3 is 6.18 Å². The molecule has 0 unspecified atom stereocenters. The van der Waals surface area contributed by atoms with Gasteiger partial charge in [-0.1, -0.05) is 6.07 Å². The Balaban J connectivity index is 1.27. The van der Waals surface area contributed by atoms with Crippen molar-refractivity contribution in [2.75, 3.05) is 36.9 Å². The number of rotatable bonds is 3. The van der Waals surface area contributed by atoms with E-state index in [0.717, 1.165) is 21.5 Å². The number of nitrogens with one attached hydrogen (secondary N) is 2. The van der Waals surface area contributed by atoms with Crippen LogP contribution in [0.3, 0.4) is 0 Å². The number of amides is 1. The third-order valence-corrected chi connectivity index (χ3v) is 7.28. The second-order valence-electron chi connectivity index (χ2n) is 8.62. The first kappa shape index (κ1) is 22.7. The summed E-state index contributed by atoms with van der Waals surface area (Å²) in [5, 5.41) is 6.27. The largest absolute Gasteiger partial charge is 0.491 e. The molecule has 7 nitrogen and oxygen atoms in total. The summed E-state index contributed by atoms with van der Waals surface area (Å²) in [6, 6.07) is 7.36. The van der Waals surface area contributed by atoms with Crippen molar-refractivity contribution in [3.63, 3.8) is 0 Å². The molecule has 5 rings (SSSR count). The highest BCUT2D eigenvalue weighted by atomic mass is 32.1. The minimum absolute atomic E-state index is 0.147. The summed E-state index contributed by atoms with van der Waals surface area (Å²) in [6.45, 7) is 2.73. The molecule has 0 radical (unpaired) electrons. The van der Waals surface area contributed by atoms with Crippen molar-refractivity contribution in [2.24, 2.45) is 0 Å². The Morgan fingerprint density at radius 3 is 2.94 bits per heavy atom. The molecule has 1 aromatic carbocycles. The third-order valence-electron chi connectivity index (χ3n) is 6.17. The van der Waals surface area contributed by atoms with Gasteiger partial charge in [-0.2, -0.15) is 13.2 Å². The van der Waals surface area contributed by atoms with Crippen molar-refractivity contribution >= 4 is 38.8 Å². The monoisotopic (exact) mass is 491 g/mol. The number of alkyl halides is 3. The number of piperazine rings is 1. The number of anilines is 2. The average Bonchev–Trinajstić information content (AvgIpc) is 3.14. The van der Waals surface area contributed by atoms with E-state index in [-0.39, 0.29) is 31.6 Å². The van der Waals surface area contributed by atoms with Crippen LogP contribution in [-0.4, -0.2) is 55.4 Å². The molecule has 2 aliphatic heterocycles. The maximum absolute atomic E-state index is 13.1. The van der Waals surface area contributed by atoms with Gasteiger partial charge in [0, 0.05) is 42.5 Å². The maximum atomic E-state index is 13.1. The van der Waals surface area contributed by atoms with Crippen LogP contribution < -0.4 is 26.0 Å². The second-order valence-corrected chi connectivity index (χ2v) is 9.62. The zero-order valence-electron chi connectivity index (χ0n) is 18.4. The van der Waals surface area contributed by atoms with Gasteiger partial charge in [-0.25, -0.2) is 4.98 Å². The van der Waals surface area contributed by atoms with Crippen LogP contribution in [0, 0.1) is 6.92 Å². The summed E-state index contributed by atoms with van der Waals surface area (Å²) in [4.78, 5) is 20.2. The molecule has 0 spiro atoms. The fourth-order valence-electron chi connectivity index (χ4n) is 4.36. The van der Waals surface area contributed by atoms with Gasteiger partial charge in [0.2, 0.25) is 0 Å². The first-order chi connectivity index (χ1) is 16.2. The first-order valence-corrected chi connectivity index (χ1v) is 11.8. The number of hydrogen-bond donors (Lipinski definition) is 3. The van der Waals surface area contributed by atoms with Gasteiger partial charge in [-0.15, -0.1) is 11.3 Å². The van der Waals surface area contributed by atoms with E-state index in [4.69, 9.17) is 10.5 Å². The number of pyridine rings is 1. The normalized spacial score (nSPS) is 20.6. The van der Waals surface area contributed by atoms with Gasteiger partial charge in [0.25, 0.3) is 5.91 Å². The summed E-state index contributed by atoms with van der Waals surface area (Å²) in [7, 11) is 0. The number of nitrogens with zero attached hydrogens (tertiary/aromatic N) is 2. The Labute approximate surface area is 198 Å². The van der Waals surface area contributed by atoms with Crippen LogP contribution in [0.5, 0.6) is 5.75 Å². The number of carbonyl (C=O) groups is 1. The minimum atomic E-state index is -4.29. The zero-order valence-corrected chi connectivity index (χ0v) is 19.2. The van der Waals surface area contributed by atoms with Crippen molar-refractivity contribution < 1.29 is 22.7 Å². The van der Waals surface area contributed by atoms with E-state index in [1.807, 2.05) is 31.2 Å². The number of nitrogens with two attached hydrogens (primary N) is 1. The summed E-state index contributed by atoms with van der Waals surface area (Å²) < 4.78 is 45.2. The average molecular weight is 492 g/mol. The standard InChI is InChI=1S/C23H24F3N5O2S/c1-12-2-5-16-19(27)20(34-22(16)29-12)21(32)30-14-8-13-3-4-15(9-17(13)33-11-14)31-7-6-28-18(10-31)23(24,25)26/h2-5,9,14,18,28H,6-8,10-11,27H2,1H3,(H,30,32)/t14-,18-/m1/s1. The highest BCUT2D eigenvalue weighted by Gasteiger charge is 2.42. The van der Waals surface area contributed by atoms with Crippen LogP contribution in [0.25, 0.3) is 10.2 Å². The van der Waals surface area contributed by atoms with Crippen molar-refractivity contribution in [2.45, 2.75) is 31.6 Å². The van der Waals surface area contributed by atoms with Crippen LogP contribution in [0.2, 0.25) is 0 Å². The van der Waals surface area contributed by atoms with E-state index in [1.165, 1.54) is 11.3 Å². The molecular formula is C23H24F3N5O2S. The molecule has 2 aromatic heterocycles. The molecule has 11 heteroatoms. The van der Waals surface area contributed by atoms with E-state index in [9.17, 15) is 18.0 Å². The fraction of sp³-hybridized carbons (Fsp3) is 0.391. The number of aromatic nitrogens is 1. The molecule has 0 bridgehead atoms. The number of thiophene rings is 1. The maximum Gasteiger partial charge on any atom is 0.405 e. The Bertz CT molecular complexity index is 1250. The number of nitrogen functional groups attached to an aromatic ring is 1. The van der Waals surface area contributed by atoms with Crippen LogP contribution in [0.1, 0.15) is 20.9 Å². The van der Waals surface area contributed by atoms with Gasteiger partial charge in [0.15, 0.2) is 0 Å². The summed E-state index contributed by atoms with van der Waals surface area (Å²) >= 11 is 1.26. The topological polar surface area (TPSA) is 92.5 Å². The molecular weight excluding hydrogens is 467 g/mol. The fourth-order valence-corrected chi connectivity index (χ4v) is 5.41. The number of halogens is 3. The lowest BCUT2D eigenvalue weighted by molar-refractivity contribution is -0.155. The predicted molar refractivity (Wildman–Crippen MR) is 126 cm³/mol. The molecule has 1 amide bonds. The molecule has 1 fully saturated rings. The molecule has 4 N–H and O–H groups in total. The van der Waals surface area contributed by atoms with Crippen molar-refractivity contribution in [1.29, 1.82) is 0 Å². The molecule has 1 saturated heterocycles. The third kappa shape index (κ3) is 4.37. The van der Waals surface area contributed by atoms with Crippen LogP contribution in [0.4, 0.5) is 24.5 Å². The molecule has 0 aliphatic carbocycles. The predicted octanol–water partition coefficient (Wildman–Crippen LogP) is 3.26. The smallest absolute Gasteiger partial charge is 0.405 e. The number of fused-ring (bicyclic) bond motifs is 2. The number of benzene rings is 1. The van der Waals surface area contributed by atoms with E-state index in [0.29, 0.717) is 35.0 Å². The van der Waals surface area contributed by atoms with Crippen LogP contribution in [0.15, 0.2) is 30.3 Å². The Kier molecular flexibility index (Phi) is 5.76. The summed E-state index contributed by atoms with van der Waals surface area (Å²) in [6.07, 6.45) is -3.74. The van der Waals surface area contributed by atoms with Gasteiger partial charge in [0.1, 0.15) is 28.1 Å². The van der Waals surface area contributed by atoms with E-state index in [2.05, 4.69) is 15.6 Å². The molecule has 4 heterocycles. The highest BCUT2D eigenvalue weighted by molar-refractivity contribution is 7.21. The van der Waals surface area contributed by atoms with Crippen LogP contribution >= 0.6 is 11.3 Å². The summed E-state index contributed by atoms with van der Waals surface area (Å²) in [5.41, 5.74) is 9.05. The molecule has 3 aromatic rings. The summed E-state index contributed by atoms with van der Waals surface area (Å²) in [5.74, 6) is 0.358. The highest BCUT2D eigenvalue weighted by Crippen LogP contribution is 2.34. The number of hydrogen-bond acceptors (Lipinski definition) is 7. The second kappa shape index (κ2) is 8.62. The first-order valence-electron chi connectivity index (χ1n) is 11.0. The van der Waals surface area contributed by atoms with E-state index >= 15 is 0 Å². The molecule has 0 saturated carbocycles. The van der Waals surface area contributed by atoms with Gasteiger partial charge < -0.3 is 26.0 Å². The SMILES string of the molecule is Cc1ccc2c(N)c(C(=O)N[C@H]3COc4cc(N5CCN[C@@H](C(F)(F)F)C5)ccc4C3)sc2n1.